The molecule has 11 atom stereocenters. The first-order valence-electron chi connectivity index (χ1n) is 12.4. The number of carbonyl (C=O) groups is 1. The molecule has 3 fully saturated rings. The molecule has 4 aliphatic rings. The van der Waals surface area contributed by atoms with Crippen LogP contribution in [0.25, 0.3) is 0 Å². The number of fused-ring (bicyclic) bond motifs is 2. The second-order valence-corrected chi connectivity index (χ2v) is 11.3. The van der Waals surface area contributed by atoms with E-state index in [9.17, 15) is 20.1 Å². The maximum absolute atomic E-state index is 13.9. The number of nitrogens with one attached hydrogen (secondary N) is 1. The number of allylic oxidation sites excluding steroid dienone is 1. The van der Waals surface area contributed by atoms with E-state index in [1.54, 1.807) is 0 Å². The molecular weight excluding hydrogens is 414 g/mol. The van der Waals surface area contributed by atoms with E-state index in [1.165, 1.54) is 5.57 Å². The Labute approximate surface area is 196 Å². The van der Waals surface area contributed by atoms with E-state index in [1.807, 2.05) is 25.1 Å². The summed E-state index contributed by atoms with van der Waals surface area (Å²) in [6, 6.07) is 9.92. The van der Waals surface area contributed by atoms with Gasteiger partial charge in [0.05, 0.1) is 23.7 Å². The summed E-state index contributed by atoms with van der Waals surface area (Å²) in [4.78, 5) is 13.9. The van der Waals surface area contributed by atoms with Crippen molar-refractivity contribution in [3.8, 4) is 0 Å². The highest BCUT2D eigenvalue weighted by Gasteiger charge is 2.75. The molecule has 5 rings (SSSR count). The Bertz CT molecular complexity index is 973. The molecule has 1 amide bonds. The number of aliphatic hydroxyl groups excluding tert-OH is 3. The summed E-state index contributed by atoms with van der Waals surface area (Å²) in [5.74, 6) is -1.53. The standard InChI is InChI=1S/C28H37NO4/c1-14-10-15(2)12-21(30)22-19(11-14)26(32)28-23(16(3)17(4)25(31)24(22)28)20(29-27(28)33)13-18-8-6-5-7-9-18/h5-9,11,15-16,19-26,30-32H,4,10,12-13H2,1-3H3,(H,29,33)/t15-,16-,19+,20+,21-,22-,23+,24+,25-,26-,28-/m1/s1. The van der Waals surface area contributed by atoms with Crippen LogP contribution in [-0.4, -0.2) is 45.6 Å². The Hall–Kier alpha value is -1.95. The Kier molecular flexibility index (Phi) is 5.58. The first kappa shape index (κ1) is 22.8. The van der Waals surface area contributed by atoms with Gasteiger partial charge in [0, 0.05) is 29.7 Å². The van der Waals surface area contributed by atoms with Crippen LogP contribution in [0.1, 0.15) is 39.2 Å². The summed E-state index contributed by atoms with van der Waals surface area (Å²) < 4.78 is 0. The van der Waals surface area contributed by atoms with Crippen molar-refractivity contribution >= 4 is 5.91 Å². The minimum Gasteiger partial charge on any atom is -0.393 e. The van der Waals surface area contributed by atoms with E-state index < -0.39 is 29.6 Å². The van der Waals surface area contributed by atoms with Gasteiger partial charge in [-0.05, 0) is 49.2 Å². The quantitative estimate of drug-likeness (QED) is 0.521. The lowest BCUT2D eigenvalue weighted by molar-refractivity contribution is -0.150. The molecule has 0 aromatic heterocycles. The monoisotopic (exact) mass is 451 g/mol. The highest BCUT2D eigenvalue weighted by atomic mass is 16.3. The van der Waals surface area contributed by atoms with Crippen LogP contribution < -0.4 is 5.32 Å². The zero-order chi connectivity index (χ0) is 23.7. The summed E-state index contributed by atoms with van der Waals surface area (Å²) in [6.45, 7) is 10.5. The van der Waals surface area contributed by atoms with E-state index in [-0.39, 0.29) is 35.6 Å². The van der Waals surface area contributed by atoms with Crippen LogP contribution in [0.15, 0.2) is 54.1 Å². The maximum Gasteiger partial charge on any atom is 0.229 e. The van der Waals surface area contributed by atoms with Gasteiger partial charge in [-0.25, -0.2) is 0 Å². The van der Waals surface area contributed by atoms with Crippen molar-refractivity contribution in [3.05, 3.63) is 59.7 Å². The van der Waals surface area contributed by atoms with E-state index >= 15 is 0 Å². The third-order valence-electron chi connectivity index (χ3n) is 9.34. The van der Waals surface area contributed by atoms with Crippen LogP contribution in [0.2, 0.25) is 0 Å². The lowest BCUT2D eigenvalue weighted by Crippen LogP contribution is -2.58. The van der Waals surface area contributed by atoms with Crippen LogP contribution in [0, 0.1) is 40.9 Å². The molecule has 33 heavy (non-hydrogen) atoms. The van der Waals surface area contributed by atoms with E-state index in [2.05, 4.69) is 44.0 Å². The summed E-state index contributed by atoms with van der Waals surface area (Å²) in [6.07, 6.45) is 1.63. The topological polar surface area (TPSA) is 89.8 Å². The molecule has 1 aliphatic heterocycles. The first-order valence-corrected chi connectivity index (χ1v) is 12.4. The van der Waals surface area contributed by atoms with Gasteiger partial charge in [-0.15, -0.1) is 0 Å². The van der Waals surface area contributed by atoms with Crippen LogP contribution in [0.3, 0.4) is 0 Å². The fraction of sp³-hybridized carbons (Fsp3) is 0.607. The number of amides is 1. The van der Waals surface area contributed by atoms with Crippen molar-refractivity contribution in [3.63, 3.8) is 0 Å². The van der Waals surface area contributed by atoms with E-state index in [0.29, 0.717) is 24.3 Å². The van der Waals surface area contributed by atoms with Gasteiger partial charge >= 0.3 is 0 Å². The second kappa shape index (κ2) is 8.07. The smallest absolute Gasteiger partial charge is 0.229 e. The molecule has 4 N–H and O–H groups in total. The molecule has 0 radical (unpaired) electrons. The average Bonchev–Trinajstić information content (AvgIpc) is 3.18. The summed E-state index contributed by atoms with van der Waals surface area (Å²) in [5.41, 5.74) is 1.88. The molecule has 0 bridgehead atoms. The van der Waals surface area contributed by atoms with Gasteiger partial charge in [0.15, 0.2) is 0 Å². The number of hydrogen-bond acceptors (Lipinski definition) is 4. The van der Waals surface area contributed by atoms with Crippen LogP contribution in [0.5, 0.6) is 0 Å². The summed E-state index contributed by atoms with van der Waals surface area (Å²) >= 11 is 0. The van der Waals surface area contributed by atoms with E-state index in [0.717, 1.165) is 12.0 Å². The largest absolute Gasteiger partial charge is 0.393 e. The third-order valence-corrected chi connectivity index (χ3v) is 9.34. The molecule has 0 unspecified atom stereocenters. The highest BCUT2D eigenvalue weighted by molar-refractivity contribution is 5.88. The van der Waals surface area contributed by atoms with E-state index in [4.69, 9.17) is 0 Å². The van der Waals surface area contributed by atoms with Crippen LogP contribution in [0.4, 0.5) is 0 Å². The van der Waals surface area contributed by atoms with Gasteiger partial charge < -0.3 is 20.6 Å². The number of carbonyl (C=O) groups excluding carboxylic acids is 1. The Morgan fingerprint density at radius 3 is 2.52 bits per heavy atom. The lowest BCUT2D eigenvalue weighted by Gasteiger charge is -2.50. The molecule has 5 nitrogen and oxygen atoms in total. The maximum atomic E-state index is 13.9. The predicted molar refractivity (Wildman–Crippen MR) is 127 cm³/mol. The minimum absolute atomic E-state index is 0.135. The van der Waals surface area contributed by atoms with Crippen molar-refractivity contribution in [1.82, 2.24) is 5.32 Å². The van der Waals surface area contributed by atoms with Crippen molar-refractivity contribution < 1.29 is 20.1 Å². The summed E-state index contributed by atoms with van der Waals surface area (Å²) in [7, 11) is 0. The van der Waals surface area contributed by atoms with Crippen LogP contribution in [-0.2, 0) is 11.2 Å². The molecule has 1 saturated heterocycles. The zero-order valence-electron chi connectivity index (χ0n) is 19.8. The minimum atomic E-state index is -1.14. The number of aliphatic hydroxyl groups is 3. The zero-order valence-corrected chi connectivity index (χ0v) is 19.8. The lowest BCUT2D eigenvalue weighted by atomic mass is 9.53. The van der Waals surface area contributed by atoms with Gasteiger partial charge in [0.2, 0.25) is 5.91 Å². The van der Waals surface area contributed by atoms with Crippen molar-refractivity contribution in [2.75, 3.05) is 0 Å². The molecule has 1 spiro atoms. The molecule has 1 heterocycles. The van der Waals surface area contributed by atoms with Crippen molar-refractivity contribution in [2.24, 2.45) is 40.9 Å². The van der Waals surface area contributed by atoms with Gasteiger partial charge in [-0.3, -0.25) is 4.79 Å². The number of benzene rings is 1. The van der Waals surface area contributed by atoms with Crippen molar-refractivity contribution in [2.45, 2.75) is 64.4 Å². The van der Waals surface area contributed by atoms with Gasteiger partial charge in [0.25, 0.3) is 0 Å². The van der Waals surface area contributed by atoms with Crippen molar-refractivity contribution in [1.29, 1.82) is 0 Å². The number of hydrogen-bond donors (Lipinski definition) is 4. The molecule has 3 aliphatic carbocycles. The fourth-order valence-corrected chi connectivity index (χ4v) is 8.16. The molecule has 1 aromatic carbocycles. The first-order chi connectivity index (χ1) is 15.7. The van der Waals surface area contributed by atoms with Gasteiger partial charge in [-0.1, -0.05) is 62.4 Å². The second-order valence-electron chi connectivity index (χ2n) is 11.3. The normalized spacial score (nSPS) is 47.0. The molecule has 5 heteroatoms. The Balaban J connectivity index is 1.64. The molecular formula is C28H37NO4. The molecule has 1 aromatic rings. The Morgan fingerprint density at radius 2 is 1.82 bits per heavy atom. The SMILES string of the molecule is C=C1[C@@H](C)[C@H]2[C@H](Cc3ccccc3)NC(=O)[C@@]23[C@@H]([C@@H]2[C@H](C=C(C)C[C@@H](C)C[C@H]2O)[C@H]3O)[C@@H]1O. The highest BCUT2D eigenvalue weighted by Crippen LogP contribution is 2.66. The number of rotatable bonds is 2. The Morgan fingerprint density at radius 1 is 1.12 bits per heavy atom. The van der Waals surface area contributed by atoms with Crippen LogP contribution >= 0.6 is 0 Å². The predicted octanol–water partition coefficient (Wildman–Crippen LogP) is 2.86. The molecule has 178 valence electrons. The average molecular weight is 452 g/mol. The summed E-state index contributed by atoms with van der Waals surface area (Å²) in [5, 5.41) is 38.0. The molecule has 2 saturated carbocycles. The van der Waals surface area contributed by atoms with Gasteiger partial charge in [0.1, 0.15) is 0 Å². The third kappa shape index (κ3) is 3.19. The fourth-order valence-electron chi connectivity index (χ4n) is 8.16. The van der Waals surface area contributed by atoms with Gasteiger partial charge in [-0.2, -0.15) is 0 Å².